The number of halogens is 2. The fourth-order valence-electron chi connectivity index (χ4n) is 1.95. The van der Waals surface area contributed by atoms with Crippen LogP contribution < -0.4 is 16.2 Å². The number of rotatable bonds is 6. The Morgan fingerprint density at radius 3 is 2.43 bits per heavy atom. The van der Waals surface area contributed by atoms with Crippen molar-refractivity contribution in [3.8, 4) is 5.75 Å². The summed E-state index contributed by atoms with van der Waals surface area (Å²) >= 11 is 3.38. The molecule has 0 aromatic heterocycles. The molecule has 1 aliphatic heterocycles. The molecule has 1 aromatic rings. The van der Waals surface area contributed by atoms with Gasteiger partial charge in [-0.3, -0.25) is 4.84 Å². The molecule has 0 fully saturated rings. The minimum Gasteiger partial charge on any atom is -0.494 e. The van der Waals surface area contributed by atoms with E-state index in [1.54, 1.807) is 0 Å². The van der Waals surface area contributed by atoms with Crippen molar-refractivity contribution in [2.45, 2.75) is 25.9 Å². The number of aliphatic imine (C=N–C) groups is 2. The molecular formula is C14H21Br2N5O2. The Morgan fingerprint density at radius 1 is 1.17 bits per heavy atom. The molecule has 1 aromatic carbocycles. The normalized spacial score (nSPS) is 16.2. The van der Waals surface area contributed by atoms with Gasteiger partial charge in [0.2, 0.25) is 11.9 Å². The highest BCUT2D eigenvalue weighted by Gasteiger charge is 2.32. The third-order valence-corrected chi connectivity index (χ3v) is 3.44. The second-order valence-electron chi connectivity index (χ2n) is 5.22. The number of ether oxygens (including phenoxy) is 1. The molecule has 4 N–H and O–H groups in total. The van der Waals surface area contributed by atoms with Crippen molar-refractivity contribution in [1.29, 1.82) is 0 Å². The number of nitrogens with two attached hydrogens (primary N) is 2. The molecule has 7 nitrogen and oxygen atoms in total. The summed E-state index contributed by atoms with van der Waals surface area (Å²) in [5.74, 6) is 1.17. The van der Waals surface area contributed by atoms with E-state index < -0.39 is 5.66 Å². The summed E-state index contributed by atoms with van der Waals surface area (Å²) < 4.78 is 6.64. The van der Waals surface area contributed by atoms with Gasteiger partial charge in [-0.1, -0.05) is 15.9 Å². The first-order valence-electron chi connectivity index (χ1n) is 6.89. The summed E-state index contributed by atoms with van der Waals surface area (Å²) in [5, 5.41) is 1.46. The second kappa shape index (κ2) is 8.51. The summed E-state index contributed by atoms with van der Waals surface area (Å²) in [7, 11) is 0. The SMILES string of the molecule is Br.CC1(C)N=C(N)N=C(N)N1OCCCOc1ccc(Br)cc1. The van der Waals surface area contributed by atoms with E-state index in [0.29, 0.717) is 19.6 Å². The molecule has 0 radical (unpaired) electrons. The third kappa shape index (κ3) is 5.67. The van der Waals surface area contributed by atoms with Crippen molar-refractivity contribution in [2.24, 2.45) is 21.5 Å². The van der Waals surface area contributed by atoms with Crippen LogP contribution in [0.5, 0.6) is 5.75 Å². The molecule has 1 heterocycles. The highest BCUT2D eigenvalue weighted by atomic mass is 79.9. The average Bonchev–Trinajstić information content (AvgIpc) is 2.42. The van der Waals surface area contributed by atoms with Crippen molar-refractivity contribution in [3.63, 3.8) is 0 Å². The molecule has 0 saturated carbocycles. The molecule has 0 atom stereocenters. The molecule has 0 bridgehead atoms. The number of nitrogens with zero attached hydrogens (tertiary/aromatic N) is 3. The maximum absolute atomic E-state index is 5.82. The molecule has 0 spiro atoms. The van der Waals surface area contributed by atoms with Crippen LogP contribution in [0.25, 0.3) is 0 Å². The Labute approximate surface area is 154 Å². The third-order valence-electron chi connectivity index (χ3n) is 2.91. The van der Waals surface area contributed by atoms with E-state index in [1.807, 2.05) is 38.1 Å². The lowest BCUT2D eigenvalue weighted by Gasteiger charge is -2.36. The number of guanidine groups is 2. The predicted molar refractivity (Wildman–Crippen MR) is 99.7 cm³/mol. The van der Waals surface area contributed by atoms with Crippen LogP contribution in [0, 0.1) is 0 Å². The maximum atomic E-state index is 5.82. The molecule has 2 rings (SSSR count). The molecule has 0 unspecified atom stereocenters. The van der Waals surface area contributed by atoms with Gasteiger partial charge in [0.15, 0.2) is 5.66 Å². The minimum atomic E-state index is -0.678. The van der Waals surface area contributed by atoms with E-state index in [4.69, 9.17) is 21.0 Å². The number of hydrogen-bond acceptors (Lipinski definition) is 7. The second-order valence-corrected chi connectivity index (χ2v) is 6.13. The quantitative estimate of drug-likeness (QED) is 0.648. The van der Waals surface area contributed by atoms with Crippen LogP contribution in [0.1, 0.15) is 20.3 Å². The topological polar surface area (TPSA) is 98.5 Å². The van der Waals surface area contributed by atoms with Crippen LogP contribution in [0.2, 0.25) is 0 Å². The van der Waals surface area contributed by atoms with Crippen molar-refractivity contribution >= 4 is 44.8 Å². The van der Waals surface area contributed by atoms with E-state index >= 15 is 0 Å². The van der Waals surface area contributed by atoms with Crippen molar-refractivity contribution < 1.29 is 9.57 Å². The zero-order chi connectivity index (χ0) is 16.2. The van der Waals surface area contributed by atoms with Gasteiger partial charge in [-0.05, 0) is 38.1 Å². The summed E-state index contributed by atoms with van der Waals surface area (Å²) in [4.78, 5) is 13.7. The van der Waals surface area contributed by atoms with Gasteiger partial charge in [-0.25, -0.2) is 4.99 Å². The Kier molecular flexibility index (Phi) is 7.30. The lowest BCUT2D eigenvalue weighted by atomic mass is 10.2. The summed E-state index contributed by atoms with van der Waals surface area (Å²) in [6, 6.07) is 7.67. The largest absolute Gasteiger partial charge is 0.494 e. The van der Waals surface area contributed by atoms with Crippen LogP contribution in [-0.2, 0) is 4.84 Å². The van der Waals surface area contributed by atoms with E-state index in [9.17, 15) is 0 Å². The smallest absolute Gasteiger partial charge is 0.226 e. The van der Waals surface area contributed by atoms with E-state index in [2.05, 4.69) is 25.9 Å². The number of benzene rings is 1. The average molecular weight is 451 g/mol. The fourth-order valence-corrected chi connectivity index (χ4v) is 2.22. The van der Waals surface area contributed by atoms with E-state index in [1.165, 1.54) is 5.06 Å². The summed E-state index contributed by atoms with van der Waals surface area (Å²) in [6.07, 6.45) is 0.703. The highest BCUT2D eigenvalue weighted by molar-refractivity contribution is 9.10. The molecule has 128 valence electrons. The van der Waals surface area contributed by atoms with Crippen LogP contribution in [0.3, 0.4) is 0 Å². The molecule has 1 aliphatic rings. The van der Waals surface area contributed by atoms with Gasteiger partial charge in [0.1, 0.15) is 5.75 Å². The van der Waals surface area contributed by atoms with Crippen LogP contribution in [0.15, 0.2) is 38.7 Å². The first kappa shape index (κ1) is 19.7. The lowest BCUT2D eigenvalue weighted by molar-refractivity contribution is -0.158. The van der Waals surface area contributed by atoms with Crippen molar-refractivity contribution in [2.75, 3.05) is 13.2 Å². The Morgan fingerprint density at radius 2 is 1.83 bits per heavy atom. The van der Waals surface area contributed by atoms with Gasteiger partial charge in [0.25, 0.3) is 0 Å². The summed E-state index contributed by atoms with van der Waals surface area (Å²) in [6.45, 7) is 4.67. The molecule has 0 saturated heterocycles. The van der Waals surface area contributed by atoms with Crippen LogP contribution in [0.4, 0.5) is 0 Å². The molecule has 0 amide bonds. The standard InChI is InChI=1S/C14H20BrN5O2.BrH/c1-14(2)19-12(16)18-13(17)20(14)22-9-3-8-21-11-6-4-10(15)5-7-11;/h4-7H,3,8-9H2,1-2H3,(H4,16,17,18,19);1H. The minimum absolute atomic E-state index is 0. The van der Waals surface area contributed by atoms with Crippen LogP contribution >= 0.6 is 32.9 Å². The highest BCUT2D eigenvalue weighted by Crippen LogP contribution is 2.20. The first-order valence-corrected chi connectivity index (χ1v) is 7.69. The maximum Gasteiger partial charge on any atom is 0.226 e. The van der Waals surface area contributed by atoms with E-state index in [0.717, 1.165) is 10.2 Å². The monoisotopic (exact) mass is 449 g/mol. The van der Waals surface area contributed by atoms with Gasteiger partial charge in [0.05, 0.1) is 13.2 Å². The zero-order valence-corrected chi connectivity index (χ0v) is 16.3. The number of hydrogen-bond donors (Lipinski definition) is 2. The van der Waals surface area contributed by atoms with Gasteiger partial charge < -0.3 is 16.2 Å². The first-order chi connectivity index (χ1) is 10.4. The molecular weight excluding hydrogens is 430 g/mol. The van der Waals surface area contributed by atoms with E-state index in [-0.39, 0.29) is 28.9 Å². The fraction of sp³-hybridized carbons (Fsp3) is 0.429. The Balaban J connectivity index is 0.00000264. The van der Waals surface area contributed by atoms with Gasteiger partial charge in [-0.15, -0.1) is 17.0 Å². The zero-order valence-electron chi connectivity index (χ0n) is 13.0. The Hall–Kier alpha value is -1.32. The Bertz CT molecular complexity index is 575. The molecule has 23 heavy (non-hydrogen) atoms. The van der Waals surface area contributed by atoms with Gasteiger partial charge >= 0.3 is 0 Å². The van der Waals surface area contributed by atoms with Crippen molar-refractivity contribution in [3.05, 3.63) is 28.7 Å². The number of hydroxylamine groups is 2. The van der Waals surface area contributed by atoms with Crippen molar-refractivity contribution in [1.82, 2.24) is 5.06 Å². The lowest BCUT2D eigenvalue weighted by Crippen LogP contribution is -2.53. The van der Waals surface area contributed by atoms with Crippen LogP contribution in [-0.4, -0.2) is 35.9 Å². The molecule has 0 aliphatic carbocycles. The van der Waals surface area contributed by atoms with Gasteiger partial charge in [0, 0.05) is 10.9 Å². The predicted octanol–water partition coefficient (Wildman–Crippen LogP) is 2.41. The van der Waals surface area contributed by atoms with Gasteiger partial charge in [-0.2, -0.15) is 10.1 Å². The molecule has 9 heteroatoms. The summed E-state index contributed by atoms with van der Waals surface area (Å²) in [5.41, 5.74) is 10.7.